The van der Waals surface area contributed by atoms with Crippen LogP contribution in [0.25, 0.3) is 11.1 Å². The molecule has 40 heavy (non-hydrogen) atoms. The van der Waals surface area contributed by atoms with Gasteiger partial charge in [-0.15, -0.1) is 47.0 Å². The zero-order chi connectivity index (χ0) is 27.5. The lowest BCUT2D eigenvalue weighted by atomic mass is 9.74. The van der Waals surface area contributed by atoms with Crippen LogP contribution in [0.2, 0.25) is 10.0 Å². The molecule has 2 aromatic heterocycles. The third kappa shape index (κ3) is 5.91. The largest absolute Gasteiger partial charge is 0.298 e. The first-order chi connectivity index (χ1) is 19.6. The molecule has 0 amide bonds. The smallest absolute Gasteiger partial charge is 0.156 e. The molecule has 0 bridgehead atoms. The fourth-order valence-corrected chi connectivity index (χ4v) is 8.54. The molecular weight excluding hydrogens is 616 g/mol. The predicted molar refractivity (Wildman–Crippen MR) is 176 cm³/mol. The van der Waals surface area contributed by atoms with Crippen molar-refractivity contribution in [3.8, 4) is 0 Å². The molecule has 0 radical (unpaired) electrons. The molecule has 200 valence electrons. The Balaban J connectivity index is 1.59. The summed E-state index contributed by atoms with van der Waals surface area (Å²) >= 11 is 19.8. The van der Waals surface area contributed by atoms with Gasteiger partial charge in [-0.05, 0) is 81.9 Å². The highest BCUT2D eigenvalue weighted by molar-refractivity contribution is 8.38. The minimum Gasteiger partial charge on any atom is -0.298 e. The summed E-state index contributed by atoms with van der Waals surface area (Å²) in [4.78, 5) is 23.8. The Morgan fingerprint density at radius 2 is 0.925 bits per heavy atom. The molecule has 0 saturated carbocycles. The number of halogens is 2. The highest BCUT2D eigenvalue weighted by atomic mass is 35.5. The first-order valence-electron chi connectivity index (χ1n) is 12.4. The van der Waals surface area contributed by atoms with E-state index in [2.05, 4.69) is 9.97 Å². The number of carbonyl (C=O) groups excluding carboxylic acids is 1. The third-order valence-electron chi connectivity index (χ3n) is 6.74. The molecule has 2 fully saturated rings. The molecule has 2 unspecified atom stereocenters. The summed E-state index contributed by atoms with van der Waals surface area (Å²) in [6.07, 6.45) is 7.15. The number of nitrogens with zero attached hydrogens (tertiary/aromatic N) is 2. The van der Waals surface area contributed by atoms with E-state index in [0.717, 1.165) is 43.6 Å². The van der Waals surface area contributed by atoms with Gasteiger partial charge in [-0.25, -0.2) is 0 Å². The SMILES string of the molecule is O=C(C(C(=C1SCS1)c1ccncc1)c1ccc(Cl)cc1)C(C(=C1SCS1)c1ccncc1)c1ccc(Cl)cc1. The number of Topliss-reactive ketones (excluding diaryl/α,β-unsaturated/α-hetero) is 1. The number of rotatable bonds is 8. The zero-order valence-corrected chi connectivity index (χ0v) is 25.8. The second kappa shape index (κ2) is 12.8. The van der Waals surface area contributed by atoms with Crippen molar-refractivity contribution in [1.29, 1.82) is 0 Å². The summed E-state index contributed by atoms with van der Waals surface area (Å²) < 4.78 is 2.33. The number of thioether (sulfide) groups is 4. The second-order valence-electron chi connectivity index (χ2n) is 9.06. The topological polar surface area (TPSA) is 42.9 Å². The average molecular weight is 638 g/mol. The van der Waals surface area contributed by atoms with Gasteiger partial charge in [0.15, 0.2) is 5.78 Å². The van der Waals surface area contributed by atoms with Crippen LogP contribution in [-0.4, -0.2) is 25.9 Å². The number of carbonyl (C=O) groups is 1. The number of ketones is 1. The van der Waals surface area contributed by atoms with Crippen LogP contribution in [0.15, 0.2) is 106 Å². The molecule has 2 atom stereocenters. The van der Waals surface area contributed by atoms with Crippen molar-refractivity contribution in [1.82, 2.24) is 9.97 Å². The lowest BCUT2D eigenvalue weighted by Gasteiger charge is -2.32. The molecule has 2 aliphatic rings. The van der Waals surface area contributed by atoms with Crippen LogP contribution in [0.3, 0.4) is 0 Å². The van der Waals surface area contributed by atoms with Crippen LogP contribution < -0.4 is 0 Å². The zero-order valence-electron chi connectivity index (χ0n) is 21.0. The highest BCUT2D eigenvalue weighted by Crippen LogP contribution is 2.56. The van der Waals surface area contributed by atoms with Gasteiger partial charge in [-0.2, -0.15) is 0 Å². The van der Waals surface area contributed by atoms with Crippen molar-refractivity contribution in [3.05, 3.63) is 138 Å². The molecule has 4 aromatic rings. The van der Waals surface area contributed by atoms with Gasteiger partial charge in [0.1, 0.15) is 0 Å². The van der Waals surface area contributed by atoms with Gasteiger partial charge in [0.2, 0.25) is 0 Å². The Morgan fingerprint density at radius 3 is 1.23 bits per heavy atom. The molecule has 9 heteroatoms. The summed E-state index contributed by atoms with van der Waals surface area (Å²) in [7, 11) is 0. The van der Waals surface area contributed by atoms with E-state index in [-0.39, 0.29) is 5.78 Å². The molecule has 0 spiro atoms. The normalized spacial score (nSPS) is 15.9. The molecule has 2 saturated heterocycles. The van der Waals surface area contributed by atoms with Crippen molar-refractivity contribution in [2.45, 2.75) is 11.8 Å². The molecular formula is C31H22Cl2N2OS4. The fraction of sp³-hybridized carbons (Fsp3) is 0.129. The van der Waals surface area contributed by atoms with Crippen LogP contribution in [0.1, 0.15) is 34.1 Å². The Morgan fingerprint density at radius 1 is 0.575 bits per heavy atom. The number of hydrogen-bond donors (Lipinski definition) is 0. The minimum absolute atomic E-state index is 0.101. The third-order valence-corrected chi connectivity index (χ3v) is 12.5. The van der Waals surface area contributed by atoms with Crippen LogP contribution in [0.4, 0.5) is 0 Å². The lowest BCUT2D eigenvalue weighted by Crippen LogP contribution is -2.25. The van der Waals surface area contributed by atoms with Gasteiger partial charge in [0, 0.05) is 53.5 Å². The number of allylic oxidation sites excluding steroid dienone is 2. The summed E-state index contributed by atoms with van der Waals surface area (Å²) in [5, 5.41) is 3.20. The van der Waals surface area contributed by atoms with Crippen LogP contribution >= 0.6 is 70.2 Å². The first kappa shape index (κ1) is 28.0. The van der Waals surface area contributed by atoms with E-state index in [9.17, 15) is 0 Å². The summed E-state index contributed by atoms with van der Waals surface area (Å²) in [6.45, 7) is 0. The molecule has 2 aliphatic heterocycles. The standard InChI is InChI=1S/C31H22Cl2N2OS4/c32-23-5-1-19(2-6-23)25(27(30-37-17-38-30)21-9-13-34-14-10-21)29(36)26(20-3-7-24(33)8-4-20)28(31-39-18-40-31)22-11-15-35-16-12-22/h1-16,25-26H,17-18H2. The Bertz CT molecular complexity index is 1450. The molecule has 6 rings (SSSR count). The van der Waals surface area contributed by atoms with E-state index in [1.807, 2.05) is 72.8 Å². The number of pyridine rings is 2. The van der Waals surface area contributed by atoms with Crippen LogP contribution in [0, 0.1) is 0 Å². The van der Waals surface area contributed by atoms with Gasteiger partial charge in [-0.1, -0.05) is 47.5 Å². The monoisotopic (exact) mass is 636 g/mol. The van der Waals surface area contributed by atoms with Gasteiger partial charge in [0.05, 0.1) is 11.8 Å². The Hall–Kier alpha value is -2.13. The Kier molecular flexibility index (Phi) is 8.97. The van der Waals surface area contributed by atoms with Crippen LogP contribution in [0.5, 0.6) is 0 Å². The highest BCUT2D eigenvalue weighted by Gasteiger charge is 2.39. The van der Waals surface area contributed by atoms with Crippen molar-refractivity contribution < 1.29 is 4.79 Å². The van der Waals surface area contributed by atoms with Crippen molar-refractivity contribution in [3.63, 3.8) is 0 Å². The molecule has 4 heterocycles. The van der Waals surface area contributed by atoms with Gasteiger partial charge in [0.25, 0.3) is 0 Å². The van der Waals surface area contributed by atoms with E-state index >= 15 is 4.79 Å². The van der Waals surface area contributed by atoms with Gasteiger partial charge < -0.3 is 0 Å². The second-order valence-corrected chi connectivity index (χ2v) is 15.1. The molecule has 3 nitrogen and oxygen atoms in total. The number of hydrogen-bond acceptors (Lipinski definition) is 7. The van der Waals surface area contributed by atoms with E-state index < -0.39 is 11.8 Å². The van der Waals surface area contributed by atoms with Gasteiger partial charge >= 0.3 is 0 Å². The number of aromatic nitrogens is 2. The summed E-state index contributed by atoms with van der Waals surface area (Å²) in [5.74, 6) is -0.948. The predicted octanol–water partition coefficient (Wildman–Crippen LogP) is 9.83. The molecule has 2 aromatic carbocycles. The molecule has 0 N–H and O–H groups in total. The maximum atomic E-state index is 15.3. The molecule has 0 aliphatic carbocycles. The number of benzene rings is 2. The van der Waals surface area contributed by atoms with E-state index in [1.54, 1.807) is 71.8 Å². The fourth-order valence-electron chi connectivity index (χ4n) is 4.84. The average Bonchev–Trinajstić information content (AvgIpc) is 2.93. The van der Waals surface area contributed by atoms with Crippen molar-refractivity contribution in [2.24, 2.45) is 0 Å². The van der Waals surface area contributed by atoms with E-state index in [4.69, 9.17) is 23.2 Å². The first-order valence-corrected chi connectivity index (χ1v) is 17.1. The lowest BCUT2D eigenvalue weighted by molar-refractivity contribution is -0.119. The quantitative estimate of drug-likeness (QED) is 0.191. The Labute approximate surface area is 260 Å². The van der Waals surface area contributed by atoms with Crippen molar-refractivity contribution >= 4 is 87.2 Å². The summed E-state index contributed by atoms with van der Waals surface area (Å²) in [6, 6.07) is 23.4. The van der Waals surface area contributed by atoms with Gasteiger partial charge in [-0.3, -0.25) is 14.8 Å². The van der Waals surface area contributed by atoms with E-state index in [0.29, 0.717) is 10.0 Å². The maximum absolute atomic E-state index is 15.3. The summed E-state index contributed by atoms with van der Waals surface area (Å²) in [5.41, 5.74) is 5.85. The van der Waals surface area contributed by atoms with Crippen LogP contribution in [-0.2, 0) is 4.79 Å². The minimum atomic E-state index is -0.525. The van der Waals surface area contributed by atoms with Crippen molar-refractivity contribution in [2.75, 3.05) is 10.2 Å². The van der Waals surface area contributed by atoms with E-state index in [1.165, 1.54) is 8.47 Å². The maximum Gasteiger partial charge on any atom is 0.156 e.